The Labute approximate surface area is 123 Å². The maximum atomic E-state index is 12.4. The second-order valence-electron chi connectivity index (χ2n) is 5.44. The molecule has 0 aliphatic carbocycles. The van der Waals surface area contributed by atoms with Gasteiger partial charge in [0.05, 0.1) is 5.56 Å². The molecular formula is C16H18N4O. The number of hydrogen-bond acceptors (Lipinski definition) is 4. The SMILES string of the molecule is Nc1ccc(C(=O)N2CCC(Cc3cccnc3)C2)cn1. The van der Waals surface area contributed by atoms with Gasteiger partial charge in [-0.3, -0.25) is 9.78 Å². The molecule has 1 aliphatic heterocycles. The average Bonchev–Trinajstić information content (AvgIpc) is 2.97. The highest BCUT2D eigenvalue weighted by atomic mass is 16.2. The number of anilines is 1. The first-order valence-corrected chi connectivity index (χ1v) is 7.12. The Hall–Kier alpha value is -2.43. The van der Waals surface area contributed by atoms with E-state index in [1.807, 2.05) is 17.2 Å². The summed E-state index contributed by atoms with van der Waals surface area (Å²) in [6.45, 7) is 1.59. The lowest BCUT2D eigenvalue weighted by atomic mass is 10.0. The van der Waals surface area contributed by atoms with E-state index in [1.54, 1.807) is 24.5 Å². The minimum absolute atomic E-state index is 0.0381. The van der Waals surface area contributed by atoms with Gasteiger partial charge in [-0.1, -0.05) is 6.07 Å². The molecule has 5 heteroatoms. The van der Waals surface area contributed by atoms with E-state index in [0.29, 0.717) is 17.3 Å². The molecule has 2 N–H and O–H groups in total. The van der Waals surface area contributed by atoms with Gasteiger partial charge in [0, 0.05) is 31.7 Å². The second kappa shape index (κ2) is 5.91. The van der Waals surface area contributed by atoms with Crippen LogP contribution in [0.4, 0.5) is 5.82 Å². The van der Waals surface area contributed by atoms with Crippen LogP contribution in [0.1, 0.15) is 22.3 Å². The van der Waals surface area contributed by atoms with Crippen molar-refractivity contribution in [3.05, 3.63) is 54.0 Å². The van der Waals surface area contributed by atoms with E-state index in [0.717, 1.165) is 25.9 Å². The predicted octanol–water partition coefficient (Wildman–Crippen LogP) is 1.76. The van der Waals surface area contributed by atoms with Crippen molar-refractivity contribution < 1.29 is 4.79 Å². The summed E-state index contributed by atoms with van der Waals surface area (Å²) in [4.78, 5) is 22.4. The van der Waals surface area contributed by atoms with E-state index >= 15 is 0 Å². The van der Waals surface area contributed by atoms with Crippen molar-refractivity contribution in [2.75, 3.05) is 18.8 Å². The van der Waals surface area contributed by atoms with Gasteiger partial charge in [0.15, 0.2) is 0 Å². The second-order valence-corrected chi connectivity index (χ2v) is 5.44. The molecule has 1 amide bonds. The Morgan fingerprint density at radius 1 is 1.33 bits per heavy atom. The van der Waals surface area contributed by atoms with Crippen LogP contribution >= 0.6 is 0 Å². The minimum atomic E-state index is 0.0381. The Kier molecular flexibility index (Phi) is 3.81. The van der Waals surface area contributed by atoms with Gasteiger partial charge in [0.25, 0.3) is 5.91 Å². The van der Waals surface area contributed by atoms with Crippen LogP contribution in [0, 0.1) is 5.92 Å². The Balaban J connectivity index is 1.61. The van der Waals surface area contributed by atoms with Crippen LogP contribution in [-0.2, 0) is 6.42 Å². The van der Waals surface area contributed by atoms with E-state index in [9.17, 15) is 4.79 Å². The molecule has 3 rings (SSSR count). The number of carbonyl (C=O) groups is 1. The Bertz CT molecular complexity index is 612. The molecular weight excluding hydrogens is 264 g/mol. The zero-order valence-electron chi connectivity index (χ0n) is 11.8. The minimum Gasteiger partial charge on any atom is -0.384 e. The third-order valence-corrected chi connectivity index (χ3v) is 3.85. The fourth-order valence-electron chi connectivity index (χ4n) is 2.75. The van der Waals surface area contributed by atoms with Gasteiger partial charge in [0.1, 0.15) is 5.82 Å². The maximum Gasteiger partial charge on any atom is 0.255 e. The number of nitrogens with two attached hydrogens (primary N) is 1. The molecule has 0 spiro atoms. The maximum absolute atomic E-state index is 12.4. The molecule has 0 radical (unpaired) electrons. The summed E-state index contributed by atoms with van der Waals surface area (Å²) in [6.07, 6.45) is 7.23. The molecule has 1 unspecified atom stereocenters. The smallest absolute Gasteiger partial charge is 0.255 e. The molecule has 1 fully saturated rings. The summed E-state index contributed by atoms with van der Waals surface area (Å²) in [5.74, 6) is 0.971. The quantitative estimate of drug-likeness (QED) is 0.931. The van der Waals surface area contributed by atoms with Crippen molar-refractivity contribution in [2.45, 2.75) is 12.8 Å². The lowest BCUT2D eigenvalue weighted by molar-refractivity contribution is 0.0786. The monoisotopic (exact) mass is 282 g/mol. The molecule has 0 bridgehead atoms. The molecule has 21 heavy (non-hydrogen) atoms. The fraction of sp³-hybridized carbons (Fsp3) is 0.312. The number of nitrogen functional groups attached to an aromatic ring is 1. The summed E-state index contributed by atoms with van der Waals surface area (Å²) < 4.78 is 0. The molecule has 1 aliphatic rings. The number of nitrogens with zero attached hydrogens (tertiary/aromatic N) is 3. The van der Waals surface area contributed by atoms with E-state index in [4.69, 9.17) is 5.73 Å². The van der Waals surface area contributed by atoms with Crippen LogP contribution in [0.25, 0.3) is 0 Å². The zero-order chi connectivity index (χ0) is 14.7. The van der Waals surface area contributed by atoms with Gasteiger partial charge in [-0.2, -0.15) is 0 Å². The lowest BCUT2D eigenvalue weighted by Crippen LogP contribution is -2.29. The van der Waals surface area contributed by atoms with Gasteiger partial charge in [-0.15, -0.1) is 0 Å². The summed E-state index contributed by atoms with van der Waals surface area (Å²) in [5, 5.41) is 0. The normalized spacial score (nSPS) is 17.9. The third kappa shape index (κ3) is 3.18. The standard InChI is InChI=1S/C16H18N4O/c17-15-4-3-14(10-19-15)16(21)20-7-5-13(11-20)8-12-2-1-6-18-9-12/h1-4,6,9-10,13H,5,7-8,11H2,(H2,17,19). The van der Waals surface area contributed by atoms with Gasteiger partial charge in [0.2, 0.25) is 0 Å². The highest BCUT2D eigenvalue weighted by Gasteiger charge is 2.27. The molecule has 0 saturated carbocycles. The van der Waals surface area contributed by atoms with Crippen LogP contribution in [0.15, 0.2) is 42.9 Å². The molecule has 1 saturated heterocycles. The molecule has 108 valence electrons. The fourth-order valence-corrected chi connectivity index (χ4v) is 2.75. The molecule has 2 aromatic heterocycles. The topological polar surface area (TPSA) is 72.1 Å². The third-order valence-electron chi connectivity index (χ3n) is 3.85. The van der Waals surface area contributed by atoms with Crippen molar-refractivity contribution in [1.82, 2.24) is 14.9 Å². The lowest BCUT2D eigenvalue weighted by Gasteiger charge is -2.16. The van der Waals surface area contributed by atoms with Gasteiger partial charge in [-0.25, -0.2) is 4.98 Å². The molecule has 0 aromatic carbocycles. The van der Waals surface area contributed by atoms with Crippen LogP contribution in [0.5, 0.6) is 0 Å². The first-order valence-electron chi connectivity index (χ1n) is 7.12. The number of aromatic nitrogens is 2. The molecule has 3 heterocycles. The van der Waals surface area contributed by atoms with Crippen molar-refractivity contribution in [3.63, 3.8) is 0 Å². The summed E-state index contributed by atoms with van der Waals surface area (Å²) in [6, 6.07) is 7.43. The van der Waals surface area contributed by atoms with Crippen LogP contribution in [0.3, 0.4) is 0 Å². The van der Waals surface area contributed by atoms with Crippen LogP contribution < -0.4 is 5.73 Å². The highest BCUT2D eigenvalue weighted by molar-refractivity contribution is 5.94. The van der Waals surface area contributed by atoms with Gasteiger partial charge < -0.3 is 10.6 Å². The van der Waals surface area contributed by atoms with E-state index in [1.165, 1.54) is 5.56 Å². The summed E-state index contributed by atoms with van der Waals surface area (Å²) in [5.41, 5.74) is 7.38. The highest BCUT2D eigenvalue weighted by Crippen LogP contribution is 2.22. The van der Waals surface area contributed by atoms with Crippen LogP contribution in [0.2, 0.25) is 0 Å². The van der Waals surface area contributed by atoms with Crippen LogP contribution in [-0.4, -0.2) is 33.9 Å². The molecule has 5 nitrogen and oxygen atoms in total. The first-order chi connectivity index (χ1) is 10.2. The first kappa shape index (κ1) is 13.5. The number of rotatable bonds is 3. The number of carbonyl (C=O) groups excluding carboxylic acids is 1. The average molecular weight is 282 g/mol. The summed E-state index contributed by atoms with van der Waals surface area (Å²) >= 11 is 0. The zero-order valence-corrected chi connectivity index (χ0v) is 11.8. The predicted molar refractivity (Wildman–Crippen MR) is 80.6 cm³/mol. The number of amides is 1. The Morgan fingerprint density at radius 3 is 2.95 bits per heavy atom. The largest absolute Gasteiger partial charge is 0.384 e. The van der Waals surface area contributed by atoms with E-state index in [-0.39, 0.29) is 5.91 Å². The number of likely N-dealkylation sites (tertiary alicyclic amines) is 1. The van der Waals surface area contributed by atoms with Crippen molar-refractivity contribution >= 4 is 11.7 Å². The van der Waals surface area contributed by atoms with Crippen molar-refractivity contribution in [3.8, 4) is 0 Å². The summed E-state index contributed by atoms with van der Waals surface area (Å²) in [7, 11) is 0. The molecule has 1 atom stereocenters. The van der Waals surface area contributed by atoms with E-state index in [2.05, 4.69) is 16.0 Å². The Morgan fingerprint density at radius 2 is 2.24 bits per heavy atom. The van der Waals surface area contributed by atoms with E-state index < -0.39 is 0 Å². The van der Waals surface area contributed by atoms with Crippen molar-refractivity contribution in [2.24, 2.45) is 5.92 Å². The number of hydrogen-bond donors (Lipinski definition) is 1. The molecule has 2 aromatic rings. The number of pyridine rings is 2. The van der Waals surface area contributed by atoms with Gasteiger partial charge >= 0.3 is 0 Å². The van der Waals surface area contributed by atoms with Gasteiger partial charge in [-0.05, 0) is 42.5 Å². The van der Waals surface area contributed by atoms with Crippen molar-refractivity contribution in [1.29, 1.82) is 0 Å².